The van der Waals surface area contributed by atoms with Gasteiger partial charge in [0.2, 0.25) is 5.91 Å². The van der Waals surface area contributed by atoms with E-state index >= 15 is 0 Å². The zero-order chi connectivity index (χ0) is 16.7. The van der Waals surface area contributed by atoms with E-state index in [0.717, 1.165) is 30.7 Å². The maximum absolute atomic E-state index is 13.2. The molecule has 0 heterocycles. The number of aliphatic hydroxyl groups excluding tert-OH is 1. The number of thioether (sulfide) groups is 1. The van der Waals surface area contributed by atoms with Gasteiger partial charge in [-0.1, -0.05) is 19.4 Å². The fraction of sp³-hybridized carbons (Fsp3) is 0.562. The molecule has 1 rings (SSSR count). The Morgan fingerprint density at radius 3 is 2.59 bits per heavy atom. The summed E-state index contributed by atoms with van der Waals surface area (Å²) >= 11 is 1.56. The Balaban J connectivity index is 2.57. The molecule has 0 aliphatic rings. The number of halogens is 2. The highest BCUT2D eigenvalue weighted by atomic mass is 32.2. The Hall–Kier alpha value is -1.14. The van der Waals surface area contributed by atoms with Crippen LogP contribution in [0.3, 0.4) is 0 Å². The summed E-state index contributed by atoms with van der Waals surface area (Å²) in [6.45, 7) is 5.53. The van der Waals surface area contributed by atoms with Crippen molar-refractivity contribution in [3.05, 3.63) is 35.4 Å². The van der Waals surface area contributed by atoms with Crippen LogP contribution in [0.1, 0.15) is 45.3 Å². The molecule has 3 atom stereocenters. The summed E-state index contributed by atoms with van der Waals surface area (Å²) in [6.07, 6.45) is 1.04. The van der Waals surface area contributed by atoms with E-state index in [2.05, 4.69) is 12.2 Å². The van der Waals surface area contributed by atoms with Crippen molar-refractivity contribution in [2.75, 3.05) is 5.75 Å². The van der Waals surface area contributed by atoms with Gasteiger partial charge in [0.1, 0.15) is 0 Å². The number of aliphatic hydroxyl groups is 1. The van der Waals surface area contributed by atoms with Crippen LogP contribution in [0.25, 0.3) is 0 Å². The van der Waals surface area contributed by atoms with Crippen molar-refractivity contribution in [3.8, 4) is 0 Å². The fourth-order valence-electron chi connectivity index (χ4n) is 1.89. The molecule has 3 nitrogen and oxygen atoms in total. The molecular formula is C16H23F2NO2S. The Kier molecular flexibility index (Phi) is 7.82. The molecule has 22 heavy (non-hydrogen) atoms. The molecule has 0 saturated heterocycles. The molecule has 0 bridgehead atoms. The Labute approximate surface area is 134 Å². The third-order valence-electron chi connectivity index (χ3n) is 3.36. The molecular weight excluding hydrogens is 308 g/mol. The zero-order valence-electron chi connectivity index (χ0n) is 13.1. The van der Waals surface area contributed by atoms with Crippen molar-refractivity contribution in [2.24, 2.45) is 0 Å². The maximum Gasteiger partial charge on any atom is 0.233 e. The minimum atomic E-state index is -1.09. The number of nitrogens with one attached hydrogen (secondary N) is 1. The fourth-order valence-corrected chi connectivity index (χ4v) is 2.91. The molecule has 0 aliphatic carbocycles. The predicted octanol–water partition coefficient (Wildman–Crippen LogP) is 3.42. The van der Waals surface area contributed by atoms with Gasteiger partial charge in [-0.05, 0) is 43.7 Å². The van der Waals surface area contributed by atoms with Crippen LogP contribution in [-0.2, 0) is 4.79 Å². The van der Waals surface area contributed by atoms with Gasteiger partial charge >= 0.3 is 0 Å². The summed E-state index contributed by atoms with van der Waals surface area (Å²) in [5.41, 5.74) is 0.234. The first-order chi connectivity index (χ1) is 10.4. The van der Waals surface area contributed by atoms with Crippen LogP contribution < -0.4 is 5.32 Å². The maximum atomic E-state index is 13.2. The van der Waals surface area contributed by atoms with Crippen molar-refractivity contribution < 1.29 is 18.7 Å². The van der Waals surface area contributed by atoms with Crippen LogP contribution in [0.4, 0.5) is 8.78 Å². The lowest BCUT2D eigenvalue weighted by Crippen LogP contribution is -2.41. The van der Waals surface area contributed by atoms with E-state index in [4.69, 9.17) is 0 Å². The van der Waals surface area contributed by atoms with Crippen LogP contribution >= 0.6 is 11.8 Å². The average molecular weight is 331 g/mol. The molecule has 1 aromatic carbocycles. The molecule has 0 aromatic heterocycles. The van der Waals surface area contributed by atoms with Gasteiger partial charge in [0, 0.05) is 0 Å². The number of unbranched alkanes of at least 4 members (excludes halogenated alkanes) is 1. The van der Waals surface area contributed by atoms with E-state index in [0.29, 0.717) is 0 Å². The van der Waals surface area contributed by atoms with E-state index in [1.54, 1.807) is 18.7 Å². The highest BCUT2D eigenvalue weighted by molar-refractivity contribution is 8.00. The minimum Gasteiger partial charge on any atom is -0.386 e. The van der Waals surface area contributed by atoms with Crippen LogP contribution in [0, 0.1) is 11.6 Å². The quantitative estimate of drug-likeness (QED) is 0.718. The molecule has 1 amide bonds. The number of hydrogen-bond acceptors (Lipinski definition) is 3. The van der Waals surface area contributed by atoms with E-state index in [1.165, 1.54) is 6.07 Å². The highest BCUT2D eigenvalue weighted by Crippen LogP contribution is 2.20. The summed E-state index contributed by atoms with van der Waals surface area (Å²) in [6, 6.07) is 2.63. The average Bonchev–Trinajstić information content (AvgIpc) is 2.49. The zero-order valence-corrected chi connectivity index (χ0v) is 13.9. The van der Waals surface area contributed by atoms with E-state index in [-0.39, 0.29) is 16.7 Å². The minimum absolute atomic E-state index is 0.171. The molecule has 0 spiro atoms. The lowest BCUT2D eigenvalue weighted by molar-refractivity contribution is -0.121. The Bertz CT molecular complexity index is 499. The second-order valence-corrected chi connectivity index (χ2v) is 6.73. The summed E-state index contributed by atoms with van der Waals surface area (Å²) in [5.74, 6) is -1.24. The lowest BCUT2D eigenvalue weighted by atomic mass is 10.0. The number of hydrogen-bond donors (Lipinski definition) is 2. The highest BCUT2D eigenvalue weighted by Gasteiger charge is 2.22. The van der Waals surface area contributed by atoms with Crippen molar-refractivity contribution in [2.45, 2.75) is 51.0 Å². The molecule has 0 radical (unpaired) electrons. The van der Waals surface area contributed by atoms with Crippen LogP contribution in [0.5, 0.6) is 0 Å². The van der Waals surface area contributed by atoms with E-state index in [1.807, 2.05) is 6.92 Å². The number of carbonyl (C=O) groups is 1. The number of carbonyl (C=O) groups excluding carboxylic acids is 1. The van der Waals surface area contributed by atoms with Crippen molar-refractivity contribution >= 4 is 17.7 Å². The topological polar surface area (TPSA) is 49.3 Å². The Morgan fingerprint density at radius 2 is 2.00 bits per heavy atom. The monoisotopic (exact) mass is 331 g/mol. The number of benzene rings is 1. The number of rotatable bonds is 8. The molecule has 6 heteroatoms. The third kappa shape index (κ3) is 5.57. The number of amides is 1. The van der Waals surface area contributed by atoms with Gasteiger partial charge in [0.15, 0.2) is 11.6 Å². The summed E-state index contributed by atoms with van der Waals surface area (Å²) < 4.78 is 26.1. The van der Waals surface area contributed by atoms with Gasteiger partial charge in [-0.25, -0.2) is 8.78 Å². The normalized spacial score (nSPS) is 15.2. The molecule has 1 aromatic rings. The second-order valence-electron chi connectivity index (χ2n) is 5.28. The molecule has 0 fully saturated rings. The van der Waals surface area contributed by atoms with E-state index in [9.17, 15) is 18.7 Å². The molecule has 2 N–H and O–H groups in total. The van der Waals surface area contributed by atoms with Gasteiger partial charge < -0.3 is 10.4 Å². The van der Waals surface area contributed by atoms with Crippen LogP contribution in [-0.4, -0.2) is 28.1 Å². The smallest absolute Gasteiger partial charge is 0.233 e. The standard InChI is InChI=1S/C16H23F2NO2S/c1-4-5-8-22-11(3)16(21)19-10(2)15(20)12-6-7-13(17)14(18)9-12/h6-7,9-11,15,20H,4-5,8H2,1-3H3,(H,19,21). The molecule has 0 saturated carbocycles. The molecule has 124 valence electrons. The van der Waals surface area contributed by atoms with Crippen molar-refractivity contribution in [1.82, 2.24) is 5.32 Å². The predicted molar refractivity (Wildman–Crippen MR) is 85.8 cm³/mol. The van der Waals surface area contributed by atoms with Gasteiger partial charge in [0.05, 0.1) is 17.4 Å². The van der Waals surface area contributed by atoms with Gasteiger partial charge in [-0.15, -0.1) is 11.8 Å². The summed E-state index contributed by atoms with van der Waals surface area (Å²) in [7, 11) is 0. The van der Waals surface area contributed by atoms with E-state index < -0.39 is 23.8 Å². The molecule has 3 unspecified atom stereocenters. The molecule has 0 aliphatic heterocycles. The van der Waals surface area contributed by atoms with Crippen molar-refractivity contribution in [3.63, 3.8) is 0 Å². The SMILES string of the molecule is CCCCSC(C)C(=O)NC(C)C(O)c1ccc(F)c(F)c1. The first-order valence-electron chi connectivity index (χ1n) is 7.41. The van der Waals surface area contributed by atoms with Crippen LogP contribution in [0.2, 0.25) is 0 Å². The lowest BCUT2D eigenvalue weighted by Gasteiger charge is -2.22. The Morgan fingerprint density at radius 1 is 1.32 bits per heavy atom. The van der Waals surface area contributed by atoms with Crippen LogP contribution in [0.15, 0.2) is 18.2 Å². The third-order valence-corrected chi connectivity index (χ3v) is 4.60. The summed E-state index contributed by atoms with van der Waals surface area (Å²) in [4.78, 5) is 12.0. The summed E-state index contributed by atoms with van der Waals surface area (Å²) in [5, 5.41) is 12.6. The second kappa shape index (κ2) is 9.10. The van der Waals surface area contributed by atoms with Gasteiger partial charge in [-0.2, -0.15) is 0 Å². The first kappa shape index (κ1) is 18.9. The van der Waals surface area contributed by atoms with Gasteiger partial charge in [0.25, 0.3) is 0 Å². The largest absolute Gasteiger partial charge is 0.386 e. The van der Waals surface area contributed by atoms with Crippen molar-refractivity contribution in [1.29, 1.82) is 0 Å². The first-order valence-corrected chi connectivity index (χ1v) is 8.46. The van der Waals surface area contributed by atoms with Gasteiger partial charge in [-0.3, -0.25) is 4.79 Å².